The highest BCUT2D eigenvalue weighted by atomic mass is 32.2. The van der Waals surface area contributed by atoms with Crippen LogP contribution in [0.2, 0.25) is 0 Å². The monoisotopic (exact) mass is 636 g/mol. The highest BCUT2D eigenvalue weighted by molar-refractivity contribution is 7.90. The first-order valence-electron chi connectivity index (χ1n) is 15.5. The van der Waals surface area contributed by atoms with Crippen molar-refractivity contribution < 1.29 is 37.1 Å². The Morgan fingerprint density at radius 2 is 1.66 bits per heavy atom. The van der Waals surface area contributed by atoms with Crippen molar-refractivity contribution in [2.75, 3.05) is 13.7 Å². The van der Waals surface area contributed by atoms with E-state index in [-0.39, 0.29) is 23.6 Å². The molecule has 246 valence electrons. The second kappa shape index (κ2) is 15.1. The van der Waals surface area contributed by atoms with Gasteiger partial charge in [0.1, 0.15) is 29.0 Å². The molecule has 12 nitrogen and oxygen atoms in total. The van der Waals surface area contributed by atoms with Gasteiger partial charge in [-0.3, -0.25) is 14.4 Å². The third-order valence-electron chi connectivity index (χ3n) is 7.82. The minimum absolute atomic E-state index is 0.116. The van der Waals surface area contributed by atoms with Crippen LogP contribution in [0.15, 0.2) is 29.2 Å². The molecule has 0 radical (unpaired) electrons. The molecule has 1 saturated heterocycles. The molecule has 0 spiro atoms. The van der Waals surface area contributed by atoms with Crippen molar-refractivity contribution in [2.24, 2.45) is 0 Å². The lowest BCUT2D eigenvalue weighted by molar-refractivity contribution is -0.141. The van der Waals surface area contributed by atoms with Gasteiger partial charge in [0, 0.05) is 6.54 Å². The Hall–Kier alpha value is -3.35. The predicted octanol–water partition coefficient (Wildman–Crippen LogP) is 3.78. The highest BCUT2D eigenvalue weighted by Crippen LogP contribution is 2.37. The Labute approximate surface area is 261 Å². The third-order valence-corrected chi connectivity index (χ3v) is 9.16. The van der Waals surface area contributed by atoms with Gasteiger partial charge in [-0.15, -0.1) is 0 Å². The molecule has 44 heavy (non-hydrogen) atoms. The molecule has 0 unspecified atom stereocenters. The number of hydrogen-bond acceptors (Lipinski definition) is 8. The zero-order chi connectivity index (χ0) is 32.5. The van der Waals surface area contributed by atoms with E-state index in [9.17, 15) is 27.6 Å². The Balaban J connectivity index is 1.66. The molecule has 1 saturated carbocycles. The van der Waals surface area contributed by atoms with Crippen LogP contribution in [0.25, 0.3) is 0 Å². The maximum Gasteiger partial charge on any atom is 0.408 e. The van der Waals surface area contributed by atoms with Gasteiger partial charge in [-0.1, -0.05) is 45.4 Å². The van der Waals surface area contributed by atoms with E-state index in [0.717, 1.165) is 38.5 Å². The van der Waals surface area contributed by atoms with Crippen molar-refractivity contribution in [1.82, 2.24) is 20.3 Å². The summed E-state index contributed by atoms with van der Waals surface area (Å²) in [6, 6.07) is 3.87. The van der Waals surface area contributed by atoms with Crippen molar-refractivity contribution in [3.8, 4) is 5.75 Å². The van der Waals surface area contributed by atoms with Crippen molar-refractivity contribution >= 4 is 33.8 Å². The molecular formula is C31H48N4O8S. The maximum absolute atomic E-state index is 13.7. The van der Waals surface area contributed by atoms with Crippen LogP contribution < -0.4 is 20.1 Å². The van der Waals surface area contributed by atoms with Crippen LogP contribution in [-0.4, -0.2) is 74.0 Å². The third kappa shape index (κ3) is 9.83. The van der Waals surface area contributed by atoms with E-state index in [1.54, 1.807) is 20.8 Å². The van der Waals surface area contributed by atoms with Gasteiger partial charge in [0.05, 0.1) is 12.0 Å². The van der Waals surface area contributed by atoms with E-state index in [2.05, 4.69) is 22.3 Å². The van der Waals surface area contributed by atoms with Crippen molar-refractivity contribution in [1.29, 1.82) is 0 Å². The molecule has 3 rings (SSSR count). The second-order valence-electron chi connectivity index (χ2n) is 12.6. The molecule has 1 aromatic carbocycles. The van der Waals surface area contributed by atoms with Crippen LogP contribution in [0.5, 0.6) is 5.75 Å². The van der Waals surface area contributed by atoms with Gasteiger partial charge in [-0.25, -0.2) is 17.9 Å². The minimum Gasteiger partial charge on any atom is -0.497 e. The summed E-state index contributed by atoms with van der Waals surface area (Å²) >= 11 is 0. The molecular weight excluding hydrogens is 588 g/mol. The largest absolute Gasteiger partial charge is 0.497 e. The summed E-state index contributed by atoms with van der Waals surface area (Å²) in [6.45, 7) is 7.69. The number of amides is 4. The Morgan fingerprint density at radius 1 is 1.02 bits per heavy atom. The van der Waals surface area contributed by atoms with Crippen LogP contribution in [0.1, 0.15) is 98.3 Å². The molecule has 1 heterocycles. The summed E-state index contributed by atoms with van der Waals surface area (Å²) < 4.78 is 38.2. The van der Waals surface area contributed by atoms with E-state index < -0.39 is 51.2 Å². The zero-order valence-corrected chi connectivity index (χ0v) is 27.4. The average molecular weight is 637 g/mol. The zero-order valence-electron chi connectivity index (χ0n) is 26.6. The minimum atomic E-state index is -4.18. The number of nitrogens with one attached hydrogen (secondary N) is 3. The fourth-order valence-corrected chi connectivity index (χ4v) is 6.28. The fraction of sp³-hybridized carbons (Fsp3) is 0.677. The van der Waals surface area contributed by atoms with E-state index >= 15 is 0 Å². The number of alkyl carbamates (subject to hydrolysis) is 1. The molecule has 1 aromatic rings. The smallest absolute Gasteiger partial charge is 0.408 e. The SMILES string of the molecule is CCCCCCCC[C@H](NC(=O)OC(C)(C)C)C(=O)N1CCC[C@H]1C(=O)NC1(C(=O)NS(=O)(=O)c2ccc(OC)cc2)CC1. The summed E-state index contributed by atoms with van der Waals surface area (Å²) in [5.74, 6) is -1.27. The number of carbonyl (C=O) groups excluding carboxylic acids is 4. The first-order valence-corrected chi connectivity index (χ1v) is 17.0. The van der Waals surface area contributed by atoms with Gasteiger partial charge < -0.3 is 25.0 Å². The number of likely N-dealkylation sites (tertiary alicyclic amines) is 1. The van der Waals surface area contributed by atoms with Gasteiger partial charge >= 0.3 is 6.09 Å². The number of hydrogen-bond donors (Lipinski definition) is 3. The van der Waals surface area contributed by atoms with Crippen molar-refractivity contribution in [3.05, 3.63) is 24.3 Å². The molecule has 1 aliphatic carbocycles. The summed E-state index contributed by atoms with van der Waals surface area (Å²) in [5, 5.41) is 5.44. The molecule has 0 aromatic heterocycles. The number of methoxy groups -OCH3 is 1. The molecule has 2 aliphatic rings. The number of ether oxygens (including phenoxy) is 2. The average Bonchev–Trinajstić information content (AvgIpc) is 3.57. The lowest BCUT2D eigenvalue weighted by Gasteiger charge is -2.30. The fourth-order valence-electron chi connectivity index (χ4n) is 5.23. The number of unbranched alkanes of at least 4 members (excludes halogenated alkanes) is 5. The number of sulfonamides is 1. The number of rotatable bonds is 15. The van der Waals surface area contributed by atoms with Crippen LogP contribution in [0, 0.1) is 0 Å². The lowest BCUT2D eigenvalue weighted by atomic mass is 10.0. The molecule has 2 atom stereocenters. The van der Waals surface area contributed by atoms with E-state index in [0.29, 0.717) is 31.6 Å². The molecule has 2 fully saturated rings. The van der Waals surface area contributed by atoms with Crippen LogP contribution in [0.3, 0.4) is 0 Å². The maximum atomic E-state index is 13.7. The summed E-state index contributed by atoms with van der Waals surface area (Å²) in [5.41, 5.74) is -2.12. The van der Waals surface area contributed by atoms with Gasteiger partial charge in [0.25, 0.3) is 15.9 Å². The van der Waals surface area contributed by atoms with Crippen LogP contribution >= 0.6 is 0 Å². The molecule has 0 bridgehead atoms. The van der Waals surface area contributed by atoms with Crippen molar-refractivity contribution in [3.63, 3.8) is 0 Å². The molecule has 1 aliphatic heterocycles. The molecule has 3 N–H and O–H groups in total. The van der Waals surface area contributed by atoms with Gasteiger partial charge in [0.2, 0.25) is 11.8 Å². The Bertz CT molecular complexity index is 1270. The van der Waals surface area contributed by atoms with E-state index in [1.807, 2.05) is 0 Å². The van der Waals surface area contributed by atoms with Crippen LogP contribution in [-0.2, 0) is 29.1 Å². The predicted molar refractivity (Wildman–Crippen MR) is 164 cm³/mol. The molecule has 13 heteroatoms. The first-order chi connectivity index (χ1) is 20.7. The topological polar surface area (TPSA) is 160 Å². The van der Waals surface area contributed by atoms with E-state index in [4.69, 9.17) is 9.47 Å². The van der Waals surface area contributed by atoms with Gasteiger partial charge in [-0.2, -0.15) is 0 Å². The van der Waals surface area contributed by atoms with E-state index in [1.165, 1.54) is 36.3 Å². The molecule has 4 amide bonds. The summed E-state index contributed by atoms with van der Waals surface area (Å²) in [4.78, 5) is 54.2. The summed E-state index contributed by atoms with van der Waals surface area (Å²) in [7, 11) is -2.73. The number of benzene rings is 1. The van der Waals surface area contributed by atoms with Gasteiger partial charge in [0.15, 0.2) is 0 Å². The first kappa shape index (κ1) is 35.1. The lowest BCUT2D eigenvalue weighted by Crippen LogP contribution is -2.57. The number of carbonyl (C=O) groups is 4. The summed E-state index contributed by atoms with van der Waals surface area (Å²) in [6.07, 6.45) is 7.27. The highest BCUT2D eigenvalue weighted by Gasteiger charge is 2.54. The Morgan fingerprint density at radius 3 is 2.25 bits per heavy atom. The quantitative estimate of drug-likeness (QED) is 0.245. The van der Waals surface area contributed by atoms with Gasteiger partial charge in [-0.05, 0) is 77.1 Å². The van der Waals surface area contributed by atoms with Crippen LogP contribution in [0.4, 0.5) is 4.79 Å². The standard InChI is InChI=1S/C31H48N4O8S/c1-6-7-8-9-10-11-13-24(32-29(39)43-30(2,3)4)27(37)35-21-12-14-25(35)26(36)33-31(19-20-31)28(38)34-44(40,41)23-17-15-22(42-5)16-18-23/h15-18,24-25H,6-14,19-21H2,1-5H3,(H,32,39)(H,33,36)(H,34,38)/t24-,25-/m0/s1. The Kier molecular flexibility index (Phi) is 12.0. The second-order valence-corrected chi connectivity index (χ2v) is 14.3. The normalized spacial score (nSPS) is 18.2. The number of nitrogens with zero attached hydrogens (tertiary/aromatic N) is 1. The van der Waals surface area contributed by atoms with Crippen molar-refractivity contribution in [2.45, 2.75) is 126 Å².